The molecule has 1 fully saturated rings. The maximum atomic E-state index is 6.21. The van der Waals surface area contributed by atoms with E-state index in [9.17, 15) is 0 Å². The molecule has 1 aromatic carbocycles. The van der Waals surface area contributed by atoms with E-state index in [0.717, 1.165) is 36.6 Å². The average molecular weight is 320 g/mol. The van der Waals surface area contributed by atoms with Crippen LogP contribution in [-0.2, 0) is 6.54 Å². The normalized spacial score (nSPS) is 18.4. The van der Waals surface area contributed by atoms with Crippen molar-refractivity contribution in [2.45, 2.75) is 19.1 Å². The second kappa shape index (κ2) is 6.94. The molecule has 1 aliphatic rings. The Labute approximate surface area is 134 Å². The monoisotopic (exact) mass is 319 g/mol. The minimum Gasteiger partial charge on any atom is -0.494 e. The Kier molecular flexibility index (Phi) is 4.75. The second-order valence-electron chi connectivity index (χ2n) is 5.26. The van der Waals surface area contributed by atoms with Gasteiger partial charge >= 0.3 is 6.01 Å². The summed E-state index contributed by atoms with van der Waals surface area (Å²) in [5, 5.41) is 0.811. The van der Waals surface area contributed by atoms with E-state index in [1.54, 1.807) is 19.5 Å². The molecule has 1 unspecified atom stereocenters. The topological polar surface area (TPSA) is 47.5 Å². The van der Waals surface area contributed by atoms with E-state index in [4.69, 9.17) is 21.1 Å². The zero-order valence-electron chi connectivity index (χ0n) is 12.4. The standard InChI is InChI=1S/C16H18ClN3O2/c1-21-14-8-18-16(19-9-14)22-13-6-7-20(11-13)10-12-4-2-3-5-15(12)17/h2-5,8-9,13H,6-7,10-11H2,1H3. The molecular weight excluding hydrogens is 302 g/mol. The molecule has 0 N–H and O–H groups in total. The van der Waals surface area contributed by atoms with Gasteiger partial charge in [-0.25, -0.2) is 0 Å². The Balaban J connectivity index is 1.54. The van der Waals surface area contributed by atoms with Gasteiger partial charge in [0.2, 0.25) is 0 Å². The van der Waals surface area contributed by atoms with Crippen LogP contribution in [-0.4, -0.2) is 41.2 Å². The summed E-state index contributed by atoms with van der Waals surface area (Å²) in [6.07, 6.45) is 4.29. The Morgan fingerprint density at radius 2 is 2.05 bits per heavy atom. The van der Waals surface area contributed by atoms with Gasteiger partial charge in [-0.05, 0) is 18.1 Å². The van der Waals surface area contributed by atoms with Crippen LogP contribution in [0.2, 0.25) is 5.02 Å². The van der Waals surface area contributed by atoms with Crippen LogP contribution in [0.3, 0.4) is 0 Å². The van der Waals surface area contributed by atoms with E-state index in [2.05, 4.69) is 20.9 Å². The van der Waals surface area contributed by atoms with Crippen LogP contribution in [0, 0.1) is 0 Å². The van der Waals surface area contributed by atoms with Crippen molar-refractivity contribution in [3.63, 3.8) is 0 Å². The van der Waals surface area contributed by atoms with E-state index in [0.29, 0.717) is 11.8 Å². The first kappa shape index (κ1) is 15.1. The Morgan fingerprint density at radius 1 is 1.27 bits per heavy atom. The van der Waals surface area contributed by atoms with Crippen LogP contribution < -0.4 is 9.47 Å². The number of ether oxygens (including phenoxy) is 2. The van der Waals surface area contributed by atoms with Crippen molar-refractivity contribution in [3.8, 4) is 11.8 Å². The van der Waals surface area contributed by atoms with E-state index < -0.39 is 0 Å². The molecule has 6 heteroatoms. The minimum absolute atomic E-state index is 0.107. The maximum Gasteiger partial charge on any atom is 0.316 e. The smallest absolute Gasteiger partial charge is 0.316 e. The van der Waals surface area contributed by atoms with E-state index in [1.165, 1.54) is 0 Å². The number of hydrogen-bond donors (Lipinski definition) is 0. The van der Waals surface area contributed by atoms with Gasteiger partial charge in [0, 0.05) is 24.7 Å². The molecule has 2 aromatic rings. The SMILES string of the molecule is COc1cnc(OC2CCN(Cc3ccccc3Cl)C2)nc1. The summed E-state index contributed by atoms with van der Waals surface area (Å²) in [6, 6.07) is 8.33. The number of benzene rings is 1. The number of methoxy groups -OCH3 is 1. The van der Waals surface area contributed by atoms with Gasteiger partial charge in [-0.1, -0.05) is 29.8 Å². The quantitative estimate of drug-likeness (QED) is 0.848. The van der Waals surface area contributed by atoms with Gasteiger partial charge in [0.15, 0.2) is 5.75 Å². The average Bonchev–Trinajstić information content (AvgIpc) is 2.97. The predicted octanol–water partition coefficient (Wildman–Crippen LogP) is 2.79. The van der Waals surface area contributed by atoms with Crippen LogP contribution in [0.4, 0.5) is 0 Å². The zero-order valence-corrected chi connectivity index (χ0v) is 13.2. The van der Waals surface area contributed by atoms with Gasteiger partial charge in [0.05, 0.1) is 19.5 Å². The number of nitrogens with zero attached hydrogens (tertiary/aromatic N) is 3. The Morgan fingerprint density at radius 3 is 2.77 bits per heavy atom. The van der Waals surface area contributed by atoms with E-state index >= 15 is 0 Å². The highest BCUT2D eigenvalue weighted by Crippen LogP contribution is 2.21. The first-order valence-corrected chi connectivity index (χ1v) is 7.61. The van der Waals surface area contributed by atoms with Gasteiger partial charge in [0.25, 0.3) is 0 Å². The van der Waals surface area contributed by atoms with E-state index in [1.807, 2.05) is 18.2 Å². The van der Waals surface area contributed by atoms with Crippen molar-refractivity contribution >= 4 is 11.6 Å². The van der Waals surface area contributed by atoms with Crippen LogP contribution in [0.25, 0.3) is 0 Å². The molecule has 22 heavy (non-hydrogen) atoms. The molecule has 0 spiro atoms. The van der Waals surface area contributed by atoms with Gasteiger partial charge in [-0.2, -0.15) is 9.97 Å². The number of likely N-dealkylation sites (tertiary alicyclic amines) is 1. The lowest BCUT2D eigenvalue weighted by atomic mass is 10.2. The van der Waals surface area contributed by atoms with Crippen LogP contribution >= 0.6 is 11.6 Å². The number of aromatic nitrogens is 2. The molecule has 0 saturated carbocycles. The summed E-state index contributed by atoms with van der Waals surface area (Å²) in [7, 11) is 1.59. The van der Waals surface area contributed by atoms with Crippen molar-refractivity contribution in [1.29, 1.82) is 0 Å². The number of halogens is 1. The first-order chi connectivity index (χ1) is 10.7. The summed E-state index contributed by atoms with van der Waals surface area (Å²) in [4.78, 5) is 10.6. The molecule has 0 aliphatic carbocycles. The van der Waals surface area contributed by atoms with Gasteiger partial charge in [-0.3, -0.25) is 4.90 Å². The van der Waals surface area contributed by atoms with Crippen molar-refractivity contribution < 1.29 is 9.47 Å². The molecule has 3 rings (SSSR count). The second-order valence-corrected chi connectivity index (χ2v) is 5.67. The summed E-state index contributed by atoms with van der Waals surface area (Å²) < 4.78 is 10.9. The lowest BCUT2D eigenvalue weighted by molar-refractivity contribution is 0.183. The van der Waals surface area contributed by atoms with Crippen molar-refractivity contribution in [3.05, 3.63) is 47.2 Å². The van der Waals surface area contributed by atoms with Crippen LogP contribution in [0.15, 0.2) is 36.7 Å². The Bertz CT molecular complexity index is 621. The molecule has 0 bridgehead atoms. The number of hydrogen-bond acceptors (Lipinski definition) is 5. The summed E-state index contributed by atoms with van der Waals surface area (Å²) >= 11 is 6.21. The molecule has 1 atom stereocenters. The summed E-state index contributed by atoms with van der Waals surface area (Å²) in [5.41, 5.74) is 1.14. The third-order valence-electron chi connectivity index (χ3n) is 3.69. The molecule has 2 heterocycles. The van der Waals surface area contributed by atoms with Gasteiger partial charge < -0.3 is 9.47 Å². The van der Waals surface area contributed by atoms with Crippen LogP contribution in [0.5, 0.6) is 11.8 Å². The van der Waals surface area contributed by atoms with E-state index in [-0.39, 0.29) is 6.10 Å². The van der Waals surface area contributed by atoms with Crippen LogP contribution in [0.1, 0.15) is 12.0 Å². The fraction of sp³-hybridized carbons (Fsp3) is 0.375. The van der Waals surface area contributed by atoms with Gasteiger partial charge in [-0.15, -0.1) is 0 Å². The lowest BCUT2D eigenvalue weighted by Crippen LogP contribution is -2.25. The Hall–Kier alpha value is -1.85. The third-order valence-corrected chi connectivity index (χ3v) is 4.06. The molecule has 0 amide bonds. The summed E-state index contributed by atoms with van der Waals surface area (Å²) in [6.45, 7) is 2.66. The highest BCUT2D eigenvalue weighted by molar-refractivity contribution is 6.31. The number of rotatable bonds is 5. The minimum atomic E-state index is 0.107. The fourth-order valence-electron chi connectivity index (χ4n) is 2.52. The molecule has 1 aliphatic heterocycles. The largest absolute Gasteiger partial charge is 0.494 e. The third kappa shape index (κ3) is 3.67. The van der Waals surface area contributed by atoms with Crippen molar-refractivity contribution in [1.82, 2.24) is 14.9 Å². The predicted molar refractivity (Wildman–Crippen MR) is 84.3 cm³/mol. The van der Waals surface area contributed by atoms with Gasteiger partial charge in [0.1, 0.15) is 6.10 Å². The molecule has 116 valence electrons. The maximum absolute atomic E-state index is 6.21. The lowest BCUT2D eigenvalue weighted by Gasteiger charge is -2.17. The first-order valence-electron chi connectivity index (χ1n) is 7.23. The summed E-state index contributed by atoms with van der Waals surface area (Å²) in [5.74, 6) is 0.624. The fourth-order valence-corrected chi connectivity index (χ4v) is 2.72. The van der Waals surface area contributed by atoms with Crippen molar-refractivity contribution in [2.24, 2.45) is 0 Å². The molecule has 0 radical (unpaired) electrons. The highest BCUT2D eigenvalue weighted by Gasteiger charge is 2.25. The highest BCUT2D eigenvalue weighted by atomic mass is 35.5. The molecule has 1 saturated heterocycles. The molecular formula is C16H18ClN3O2. The van der Waals surface area contributed by atoms with Crippen molar-refractivity contribution in [2.75, 3.05) is 20.2 Å². The zero-order chi connectivity index (χ0) is 15.4. The molecule has 1 aromatic heterocycles. The molecule has 5 nitrogen and oxygen atoms in total.